The van der Waals surface area contributed by atoms with Gasteiger partial charge in [0.25, 0.3) is 0 Å². The van der Waals surface area contributed by atoms with E-state index in [0.717, 1.165) is 10.8 Å². The molecule has 0 saturated carbocycles. The van der Waals surface area contributed by atoms with Crippen LogP contribution in [0.3, 0.4) is 0 Å². The first-order valence-corrected chi connectivity index (χ1v) is 3.85. The molecule has 1 heterocycles. The van der Waals surface area contributed by atoms with Crippen LogP contribution in [0.1, 0.15) is 10.5 Å². The van der Waals surface area contributed by atoms with E-state index in [4.69, 9.17) is 5.11 Å². The van der Waals surface area contributed by atoms with E-state index in [0.29, 0.717) is 0 Å². The molecule has 71 valence electrons. The van der Waals surface area contributed by atoms with Gasteiger partial charge in [0.05, 0.1) is 0 Å². The number of carboxylic acid groups (broad SMARTS) is 1. The molecule has 4 heteroatoms. The Labute approximate surface area is 94.4 Å². The summed E-state index contributed by atoms with van der Waals surface area (Å²) in [6.45, 7) is 0. The maximum Gasteiger partial charge on any atom is 0.354 e. The van der Waals surface area contributed by atoms with Crippen LogP contribution in [0.2, 0.25) is 0 Å². The smallest absolute Gasteiger partial charge is 0.354 e. The molecule has 2 aromatic rings. The summed E-state index contributed by atoms with van der Waals surface area (Å²) >= 11 is 0. The van der Waals surface area contributed by atoms with Gasteiger partial charge in [-0.15, -0.1) is 0 Å². The van der Waals surface area contributed by atoms with Gasteiger partial charge < -0.3 is 5.11 Å². The SMILES string of the molecule is O=C(O)c1cc2ccccc2cn1.[Re]. The van der Waals surface area contributed by atoms with Crippen molar-refractivity contribution in [3.05, 3.63) is 42.2 Å². The molecule has 14 heavy (non-hydrogen) atoms. The molecule has 1 N–H and O–H groups in total. The summed E-state index contributed by atoms with van der Waals surface area (Å²) in [6.07, 6.45) is 1.57. The topological polar surface area (TPSA) is 50.2 Å². The minimum atomic E-state index is -0.995. The third-order valence-electron chi connectivity index (χ3n) is 1.85. The Bertz CT molecular complexity index is 470. The van der Waals surface area contributed by atoms with Gasteiger partial charge in [0, 0.05) is 32.0 Å². The molecule has 1 aromatic carbocycles. The second-order valence-electron chi connectivity index (χ2n) is 2.72. The van der Waals surface area contributed by atoms with E-state index in [1.165, 1.54) is 0 Å². The molecule has 0 saturated heterocycles. The third kappa shape index (κ3) is 1.98. The first-order chi connectivity index (χ1) is 6.27. The predicted octanol–water partition coefficient (Wildman–Crippen LogP) is 1.93. The van der Waals surface area contributed by atoms with E-state index < -0.39 is 5.97 Å². The number of hydrogen-bond donors (Lipinski definition) is 1. The van der Waals surface area contributed by atoms with Crippen LogP contribution < -0.4 is 0 Å². The maximum atomic E-state index is 10.6. The average Bonchev–Trinajstić information content (AvgIpc) is 2.17. The van der Waals surface area contributed by atoms with Crippen molar-refractivity contribution in [3.8, 4) is 0 Å². The number of benzene rings is 1. The second-order valence-corrected chi connectivity index (χ2v) is 2.72. The van der Waals surface area contributed by atoms with Crippen LogP contribution in [-0.2, 0) is 20.4 Å². The Morgan fingerprint density at radius 3 is 2.50 bits per heavy atom. The van der Waals surface area contributed by atoms with E-state index in [1.807, 2.05) is 24.3 Å². The number of aromatic nitrogens is 1. The van der Waals surface area contributed by atoms with Gasteiger partial charge in [-0.2, -0.15) is 0 Å². The molecule has 0 aliphatic carbocycles. The van der Waals surface area contributed by atoms with Gasteiger partial charge in [-0.3, -0.25) is 0 Å². The van der Waals surface area contributed by atoms with Gasteiger partial charge >= 0.3 is 5.97 Å². The second kappa shape index (κ2) is 4.32. The zero-order valence-electron chi connectivity index (χ0n) is 7.14. The van der Waals surface area contributed by atoms with E-state index in [9.17, 15) is 4.79 Å². The first-order valence-electron chi connectivity index (χ1n) is 3.85. The number of carbonyl (C=O) groups is 1. The molecule has 0 unspecified atom stereocenters. The number of pyridine rings is 1. The summed E-state index contributed by atoms with van der Waals surface area (Å²) in [5.41, 5.74) is 0.0821. The van der Waals surface area contributed by atoms with Gasteiger partial charge in [-0.25, -0.2) is 9.78 Å². The van der Waals surface area contributed by atoms with Crippen molar-refractivity contribution < 1.29 is 30.3 Å². The fraction of sp³-hybridized carbons (Fsp3) is 0. The van der Waals surface area contributed by atoms with Gasteiger partial charge in [0.2, 0.25) is 0 Å². The van der Waals surface area contributed by atoms with Gasteiger partial charge in [0.15, 0.2) is 0 Å². The molecule has 1 aromatic heterocycles. The van der Waals surface area contributed by atoms with E-state index >= 15 is 0 Å². The Morgan fingerprint density at radius 2 is 1.86 bits per heavy atom. The molecule has 0 atom stereocenters. The normalized spacial score (nSPS) is 9.43. The van der Waals surface area contributed by atoms with Crippen molar-refractivity contribution in [3.63, 3.8) is 0 Å². The summed E-state index contributed by atoms with van der Waals surface area (Å²) in [6, 6.07) is 9.09. The number of carboxylic acids is 1. The van der Waals surface area contributed by atoms with Gasteiger partial charge in [-0.05, 0) is 11.5 Å². The Kier molecular flexibility index (Phi) is 3.34. The number of nitrogens with zero attached hydrogens (tertiary/aromatic N) is 1. The summed E-state index contributed by atoms with van der Waals surface area (Å²) in [7, 11) is 0. The summed E-state index contributed by atoms with van der Waals surface area (Å²) in [5.74, 6) is -0.995. The van der Waals surface area contributed by atoms with Crippen LogP contribution in [0.5, 0.6) is 0 Å². The van der Waals surface area contributed by atoms with Crippen molar-refractivity contribution in [2.45, 2.75) is 0 Å². The van der Waals surface area contributed by atoms with Crippen LogP contribution in [0.15, 0.2) is 36.5 Å². The van der Waals surface area contributed by atoms with E-state index in [-0.39, 0.29) is 26.1 Å². The van der Waals surface area contributed by atoms with Crippen LogP contribution in [0, 0.1) is 0 Å². The molecule has 0 fully saturated rings. The monoisotopic (exact) mass is 360 g/mol. The fourth-order valence-electron chi connectivity index (χ4n) is 1.20. The molecular weight excluding hydrogens is 352 g/mol. The number of aromatic carboxylic acids is 1. The van der Waals surface area contributed by atoms with Crippen LogP contribution in [0.25, 0.3) is 10.8 Å². The largest absolute Gasteiger partial charge is 0.477 e. The minimum Gasteiger partial charge on any atom is -0.477 e. The van der Waals surface area contributed by atoms with E-state index in [2.05, 4.69) is 4.98 Å². The molecular formula is C10H7NO2Re. The molecule has 0 spiro atoms. The number of rotatable bonds is 1. The van der Waals surface area contributed by atoms with Crippen LogP contribution in [-0.4, -0.2) is 16.1 Å². The van der Waals surface area contributed by atoms with Crippen molar-refractivity contribution in [2.75, 3.05) is 0 Å². The Balaban J connectivity index is 0.000000980. The van der Waals surface area contributed by atoms with Gasteiger partial charge in [-0.1, -0.05) is 24.3 Å². The average molecular weight is 359 g/mol. The van der Waals surface area contributed by atoms with E-state index in [1.54, 1.807) is 12.3 Å². The zero-order chi connectivity index (χ0) is 9.26. The van der Waals surface area contributed by atoms with Crippen LogP contribution in [0.4, 0.5) is 0 Å². The molecule has 0 aliphatic rings. The van der Waals surface area contributed by atoms with Crippen molar-refractivity contribution >= 4 is 16.7 Å². The molecule has 1 radical (unpaired) electrons. The maximum absolute atomic E-state index is 10.6. The number of hydrogen-bond acceptors (Lipinski definition) is 2. The van der Waals surface area contributed by atoms with Crippen molar-refractivity contribution in [1.82, 2.24) is 4.98 Å². The van der Waals surface area contributed by atoms with Gasteiger partial charge in [0.1, 0.15) is 5.69 Å². The fourth-order valence-corrected chi connectivity index (χ4v) is 1.20. The van der Waals surface area contributed by atoms with Crippen LogP contribution >= 0.6 is 0 Å². The third-order valence-corrected chi connectivity index (χ3v) is 1.85. The molecule has 2 rings (SSSR count). The standard InChI is InChI=1S/C10H7NO2.Re/c12-10(13)9-5-7-3-1-2-4-8(7)6-11-9;/h1-6H,(H,12,13);. The minimum absolute atomic E-state index is 0. The summed E-state index contributed by atoms with van der Waals surface area (Å²) < 4.78 is 0. The first kappa shape index (κ1) is 10.8. The molecule has 3 nitrogen and oxygen atoms in total. The molecule has 0 amide bonds. The summed E-state index contributed by atoms with van der Waals surface area (Å²) in [4.78, 5) is 14.4. The molecule has 0 aliphatic heterocycles. The predicted molar refractivity (Wildman–Crippen MR) is 48.7 cm³/mol. The Hall–Kier alpha value is -1.24. The summed E-state index contributed by atoms with van der Waals surface area (Å²) in [5, 5.41) is 10.5. The quantitative estimate of drug-likeness (QED) is 0.847. The number of fused-ring (bicyclic) bond motifs is 1. The van der Waals surface area contributed by atoms with Crippen molar-refractivity contribution in [1.29, 1.82) is 0 Å². The zero-order valence-corrected chi connectivity index (χ0v) is 9.86. The van der Waals surface area contributed by atoms with Crippen molar-refractivity contribution in [2.24, 2.45) is 0 Å². The Morgan fingerprint density at radius 1 is 1.21 bits per heavy atom. The molecule has 0 bridgehead atoms.